The van der Waals surface area contributed by atoms with Crippen molar-refractivity contribution in [3.05, 3.63) is 42.0 Å². The van der Waals surface area contributed by atoms with Crippen LogP contribution in [-0.2, 0) is 6.61 Å². The molecule has 0 saturated carbocycles. The zero-order chi connectivity index (χ0) is 13.8. The molecule has 19 heavy (non-hydrogen) atoms. The van der Waals surface area contributed by atoms with E-state index in [0.29, 0.717) is 17.9 Å². The minimum atomic E-state index is -0.0130. The molecule has 100 valence electrons. The van der Waals surface area contributed by atoms with E-state index in [-0.39, 0.29) is 11.8 Å². The summed E-state index contributed by atoms with van der Waals surface area (Å²) in [5, 5.41) is 4.14. The van der Waals surface area contributed by atoms with E-state index in [2.05, 4.69) is 10.1 Å². The van der Waals surface area contributed by atoms with Gasteiger partial charge < -0.3 is 4.74 Å². The Morgan fingerprint density at radius 2 is 2.11 bits per heavy atom. The molecule has 5 heteroatoms. The summed E-state index contributed by atoms with van der Waals surface area (Å²) in [5.74, 6) is 1.31. The van der Waals surface area contributed by atoms with E-state index in [4.69, 9.17) is 4.74 Å². The lowest BCUT2D eigenvalue weighted by Crippen LogP contribution is -2.11. The fourth-order valence-corrected chi connectivity index (χ4v) is 1.83. The summed E-state index contributed by atoms with van der Waals surface area (Å²) in [6.45, 7) is 5.88. The molecular weight excluding hydrogens is 242 g/mol. The van der Waals surface area contributed by atoms with Gasteiger partial charge in [0.05, 0.1) is 5.56 Å². The average Bonchev–Trinajstić information content (AvgIpc) is 2.85. The molecule has 0 fully saturated rings. The molecule has 0 saturated heterocycles. The van der Waals surface area contributed by atoms with E-state index >= 15 is 0 Å². The first-order chi connectivity index (χ1) is 9.09. The van der Waals surface area contributed by atoms with Crippen LogP contribution in [0.4, 0.5) is 0 Å². The molecule has 0 unspecified atom stereocenters. The minimum absolute atomic E-state index is 0.0130. The molecule has 0 aliphatic heterocycles. The van der Waals surface area contributed by atoms with Gasteiger partial charge in [0.2, 0.25) is 0 Å². The van der Waals surface area contributed by atoms with Gasteiger partial charge in [0.1, 0.15) is 18.7 Å². The van der Waals surface area contributed by atoms with Gasteiger partial charge in [-0.2, -0.15) is 5.10 Å². The van der Waals surface area contributed by atoms with E-state index in [1.807, 2.05) is 26.0 Å². The first-order valence-electron chi connectivity index (χ1n) is 6.20. The van der Waals surface area contributed by atoms with E-state index < -0.39 is 0 Å². The lowest BCUT2D eigenvalue weighted by atomic mass is 10.1. The third-order valence-corrected chi connectivity index (χ3v) is 2.76. The van der Waals surface area contributed by atoms with Crippen molar-refractivity contribution in [2.24, 2.45) is 0 Å². The zero-order valence-corrected chi connectivity index (χ0v) is 11.3. The highest BCUT2D eigenvalue weighted by Crippen LogP contribution is 2.19. The number of ketones is 1. The summed E-state index contributed by atoms with van der Waals surface area (Å²) in [4.78, 5) is 15.7. The van der Waals surface area contributed by atoms with Gasteiger partial charge >= 0.3 is 0 Å². The average molecular weight is 259 g/mol. The molecule has 1 aromatic carbocycles. The molecule has 2 rings (SSSR count). The third kappa shape index (κ3) is 2.99. The second-order valence-electron chi connectivity index (χ2n) is 4.56. The SMILES string of the molecule is CC(=O)c1ccccc1OCc1ncnn1C(C)C. The molecule has 5 nitrogen and oxygen atoms in total. The molecule has 0 aliphatic rings. The van der Waals surface area contributed by atoms with Crippen LogP contribution < -0.4 is 4.74 Å². The van der Waals surface area contributed by atoms with Crippen molar-refractivity contribution in [2.45, 2.75) is 33.4 Å². The summed E-state index contributed by atoms with van der Waals surface area (Å²) in [6.07, 6.45) is 1.51. The Morgan fingerprint density at radius 3 is 2.79 bits per heavy atom. The summed E-state index contributed by atoms with van der Waals surface area (Å²) in [7, 11) is 0. The summed E-state index contributed by atoms with van der Waals surface area (Å²) in [5.41, 5.74) is 0.582. The van der Waals surface area contributed by atoms with Crippen LogP contribution >= 0.6 is 0 Å². The van der Waals surface area contributed by atoms with Gasteiger partial charge in [-0.25, -0.2) is 9.67 Å². The maximum absolute atomic E-state index is 11.5. The number of benzene rings is 1. The highest BCUT2D eigenvalue weighted by molar-refractivity contribution is 5.96. The van der Waals surface area contributed by atoms with Crippen LogP contribution in [0.1, 0.15) is 43.0 Å². The number of hydrogen-bond acceptors (Lipinski definition) is 4. The number of carbonyl (C=O) groups excluding carboxylic acids is 1. The molecule has 0 radical (unpaired) electrons. The van der Waals surface area contributed by atoms with E-state index in [0.717, 1.165) is 5.82 Å². The van der Waals surface area contributed by atoms with Crippen LogP contribution in [0.5, 0.6) is 5.75 Å². The number of Topliss-reactive ketones (excluding diaryl/α,β-unsaturated/α-hetero) is 1. The number of aromatic nitrogens is 3. The second kappa shape index (κ2) is 5.65. The van der Waals surface area contributed by atoms with Crippen molar-refractivity contribution in [1.82, 2.24) is 14.8 Å². The normalized spacial score (nSPS) is 10.7. The number of para-hydroxylation sites is 1. The zero-order valence-electron chi connectivity index (χ0n) is 11.3. The third-order valence-electron chi connectivity index (χ3n) is 2.76. The maximum atomic E-state index is 11.5. The van der Waals surface area contributed by atoms with Crippen LogP contribution in [0.2, 0.25) is 0 Å². The van der Waals surface area contributed by atoms with Gasteiger partial charge in [-0.1, -0.05) is 12.1 Å². The Hall–Kier alpha value is -2.17. The minimum Gasteiger partial charge on any atom is -0.485 e. The highest BCUT2D eigenvalue weighted by atomic mass is 16.5. The lowest BCUT2D eigenvalue weighted by molar-refractivity contribution is 0.101. The largest absolute Gasteiger partial charge is 0.485 e. The van der Waals surface area contributed by atoms with Crippen molar-refractivity contribution < 1.29 is 9.53 Å². The summed E-state index contributed by atoms with van der Waals surface area (Å²) in [6, 6.07) is 7.43. The van der Waals surface area contributed by atoms with Crippen LogP contribution in [0.3, 0.4) is 0 Å². The van der Waals surface area contributed by atoms with Gasteiger partial charge in [0, 0.05) is 6.04 Å². The number of rotatable bonds is 5. The van der Waals surface area contributed by atoms with Gasteiger partial charge in [-0.05, 0) is 32.9 Å². The Bertz CT molecular complexity index is 576. The van der Waals surface area contributed by atoms with E-state index in [9.17, 15) is 4.79 Å². The second-order valence-corrected chi connectivity index (χ2v) is 4.56. The quantitative estimate of drug-likeness (QED) is 0.774. The Balaban J connectivity index is 2.15. The standard InChI is InChI=1S/C14H17N3O2/c1-10(2)17-14(15-9-16-17)8-19-13-7-5-4-6-12(13)11(3)18/h4-7,9-10H,8H2,1-3H3. The number of hydrogen-bond donors (Lipinski definition) is 0. The van der Waals surface area contributed by atoms with Gasteiger partial charge in [0.25, 0.3) is 0 Å². The van der Waals surface area contributed by atoms with Crippen LogP contribution in [-0.4, -0.2) is 20.5 Å². The van der Waals surface area contributed by atoms with Crippen molar-refractivity contribution in [3.8, 4) is 5.75 Å². The summed E-state index contributed by atoms with van der Waals surface area (Å²) >= 11 is 0. The Kier molecular flexibility index (Phi) is 3.94. The summed E-state index contributed by atoms with van der Waals surface area (Å²) < 4.78 is 7.49. The van der Waals surface area contributed by atoms with Crippen LogP contribution in [0, 0.1) is 0 Å². The lowest BCUT2D eigenvalue weighted by Gasteiger charge is -2.12. The predicted molar refractivity (Wildman–Crippen MR) is 71.2 cm³/mol. The number of nitrogens with zero attached hydrogens (tertiary/aromatic N) is 3. The smallest absolute Gasteiger partial charge is 0.165 e. The van der Waals surface area contributed by atoms with Crippen LogP contribution in [0.15, 0.2) is 30.6 Å². The first kappa shape index (κ1) is 13.3. The van der Waals surface area contributed by atoms with Gasteiger partial charge in [-0.15, -0.1) is 0 Å². The molecule has 1 aromatic heterocycles. The topological polar surface area (TPSA) is 57.0 Å². The molecule has 0 aliphatic carbocycles. The molecule has 0 amide bonds. The molecule has 1 heterocycles. The Labute approximate surface area is 112 Å². The van der Waals surface area contributed by atoms with Crippen molar-refractivity contribution in [3.63, 3.8) is 0 Å². The predicted octanol–water partition coefficient (Wildman–Crippen LogP) is 2.64. The monoisotopic (exact) mass is 259 g/mol. The molecule has 0 bridgehead atoms. The maximum Gasteiger partial charge on any atom is 0.165 e. The highest BCUT2D eigenvalue weighted by Gasteiger charge is 2.11. The molecule has 2 aromatic rings. The first-order valence-corrected chi connectivity index (χ1v) is 6.20. The van der Waals surface area contributed by atoms with Crippen molar-refractivity contribution in [2.75, 3.05) is 0 Å². The van der Waals surface area contributed by atoms with Gasteiger partial charge in [0.15, 0.2) is 11.6 Å². The Morgan fingerprint density at radius 1 is 1.37 bits per heavy atom. The fraction of sp³-hybridized carbons (Fsp3) is 0.357. The molecule has 0 atom stereocenters. The molecule has 0 N–H and O–H groups in total. The van der Waals surface area contributed by atoms with Crippen LogP contribution in [0.25, 0.3) is 0 Å². The van der Waals surface area contributed by atoms with Crippen molar-refractivity contribution in [1.29, 1.82) is 0 Å². The van der Waals surface area contributed by atoms with E-state index in [1.165, 1.54) is 13.3 Å². The fourth-order valence-electron chi connectivity index (χ4n) is 1.83. The molecular formula is C14H17N3O2. The number of ether oxygens (including phenoxy) is 1. The van der Waals surface area contributed by atoms with E-state index in [1.54, 1.807) is 16.8 Å². The van der Waals surface area contributed by atoms with Crippen molar-refractivity contribution >= 4 is 5.78 Å². The molecule has 0 spiro atoms. The number of carbonyl (C=O) groups is 1. The van der Waals surface area contributed by atoms with Gasteiger partial charge in [-0.3, -0.25) is 4.79 Å².